The Hall–Kier alpha value is -0.190. The van der Waals surface area contributed by atoms with Gasteiger partial charge in [0, 0.05) is 15.4 Å². The fourth-order valence-corrected chi connectivity index (χ4v) is 5.22. The average Bonchev–Trinajstić information content (AvgIpc) is 2.45. The Morgan fingerprint density at radius 2 is 1.81 bits per heavy atom. The molecule has 0 heterocycles. The number of hydrogen-bond acceptors (Lipinski definition) is 2. The van der Waals surface area contributed by atoms with Crippen LogP contribution in [-0.4, -0.2) is 22.5 Å². The van der Waals surface area contributed by atoms with Gasteiger partial charge in [0.05, 0.1) is 16.0 Å². The van der Waals surface area contributed by atoms with E-state index >= 15 is 0 Å². The molecule has 1 aliphatic carbocycles. The molecule has 1 aromatic rings. The van der Waals surface area contributed by atoms with Gasteiger partial charge in [-0.1, -0.05) is 36.7 Å². The lowest BCUT2D eigenvalue weighted by atomic mass is 9.71. The summed E-state index contributed by atoms with van der Waals surface area (Å²) in [6, 6.07) is 8.27. The van der Waals surface area contributed by atoms with Crippen molar-refractivity contribution in [2.45, 2.75) is 56.2 Å². The zero-order chi connectivity index (χ0) is 15.6. The molecule has 0 aromatic heterocycles. The molecule has 0 radical (unpaired) electrons. The fourth-order valence-electron chi connectivity index (χ4n) is 3.23. The van der Waals surface area contributed by atoms with E-state index in [-0.39, 0.29) is 5.25 Å². The van der Waals surface area contributed by atoms with E-state index in [0.29, 0.717) is 17.4 Å². The first-order valence-electron chi connectivity index (χ1n) is 7.66. The number of benzene rings is 1. The van der Waals surface area contributed by atoms with Gasteiger partial charge < -0.3 is 5.32 Å². The van der Waals surface area contributed by atoms with Crippen LogP contribution >= 0.6 is 15.9 Å². The van der Waals surface area contributed by atoms with Crippen LogP contribution in [0.15, 0.2) is 33.6 Å². The Morgan fingerprint density at radius 1 is 1.19 bits per heavy atom. The molecular formula is C17H26BrNOS. The van der Waals surface area contributed by atoms with E-state index in [4.69, 9.17) is 0 Å². The van der Waals surface area contributed by atoms with Crippen molar-refractivity contribution in [3.05, 3.63) is 28.7 Å². The summed E-state index contributed by atoms with van der Waals surface area (Å²) in [5, 5.41) is 3.59. The number of halogens is 1. The molecular weight excluding hydrogens is 346 g/mol. The summed E-state index contributed by atoms with van der Waals surface area (Å²) in [6.07, 6.45) is 3.38. The Morgan fingerprint density at radius 3 is 2.33 bits per heavy atom. The zero-order valence-corrected chi connectivity index (χ0v) is 15.8. The van der Waals surface area contributed by atoms with Crippen molar-refractivity contribution in [3.8, 4) is 0 Å². The Balaban J connectivity index is 2.20. The first kappa shape index (κ1) is 17.2. The molecule has 0 bridgehead atoms. The largest absolute Gasteiger partial charge is 0.316 e. The summed E-state index contributed by atoms with van der Waals surface area (Å²) in [5.41, 5.74) is 0.293. The van der Waals surface area contributed by atoms with Crippen LogP contribution in [-0.2, 0) is 10.8 Å². The van der Waals surface area contributed by atoms with Crippen molar-refractivity contribution < 1.29 is 4.21 Å². The molecule has 21 heavy (non-hydrogen) atoms. The van der Waals surface area contributed by atoms with Gasteiger partial charge in [-0.2, -0.15) is 0 Å². The van der Waals surface area contributed by atoms with Crippen LogP contribution in [0.3, 0.4) is 0 Å². The van der Waals surface area contributed by atoms with Crippen molar-refractivity contribution >= 4 is 26.7 Å². The third-order valence-electron chi connectivity index (χ3n) is 4.71. The molecule has 2 nitrogen and oxygen atoms in total. The van der Waals surface area contributed by atoms with Crippen LogP contribution in [0.5, 0.6) is 0 Å². The molecule has 1 N–H and O–H groups in total. The van der Waals surface area contributed by atoms with Gasteiger partial charge in [-0.3, -0.25) is 4.21 Å². The lowest BCUT2D eigenvalue weighted by Crippen LogP contribution is -2.46. The van der Waals surface area contributed by atoms with Gasteiger partial charge in [-0.05, 0) is 61.9 Å². The van der Waals surface area contributed by atoms with E-state index in [1.807, 2.05) is 31.3 Å². The summed E-state index contributed by atoms with van der Waals surface area (Å²) in [4.78, 5) is 0.943. The molecule has 4 heteroatoms. The van der Waals surface area contributed by atoms with E-state index in [2.05, 4.69) is 42.0 Å². The maximum Gasteiger partial charge on any atom is 0.0576 e. The molecule has 1 saturated carbocycles. The predicted octanol–water partition coefficient (Wildman–Crippen LogP) is 4.36. The molecule has 4 unspecified atom stereocenters. The standard InChI is InChI=1S/C17H26BrNOS/c1-17(2,3)12-5-10-15(19-4)16(11-12)21(20)14-8-6-13(18)7-9-14/h6-9,12,15-16,19H,5,10-11H2,1-4H3. The van der Waals surface area contributed by atoms with Crippen LogP contribution in [0.4, 0.5) is 0 Å². The maximum absolute atomic E-state index is 13.0. The second-order valence-corrected chi connectivity index (χ2v) is 9.65. The molecule has 118 valence electrons. The van der Waals surface area contributed by atoms with E-state index in [1.165, 1.54) is 6.42 Å². The first-order valence-corrected chi connectivity index (χ1v) is 9.67. The van der Waals surface area contributed by atoms with Gasteiger partial charge in [0.1, 0.15) is 0 Å². The van der Waals surface area contributed by atoms with Crippen LogP contribution in [0.1, 0.15) is 40.0 Å². The minimum Gasteiger partial charge on any atom is -0.316 e. The molecule has 2 rings (SSSR count). The topological polar surface area (TPSA) is 29.1 Å². The number of nitrogens with one attached hydrogen (secondary N) is 1. The van der Waals surface area contributed by atoms with Crippen molar-refractivity contribution in [3.63, 3.8) is 0 Å². The van der Waals surface area contributed by atoms with Crippen molar-refractivity contribution in [2.24, 2.45) is 11.3 Å². The van der Waals surface area contributed by atoms with Crippen molar-refractivity contribution in [2.75, 3.05) is 7.05 Å². The second-order valence-electron chi connectivity index (χ2n) is 7.06. The number of hydrogen-bond donors (Lipinski definition) is 1. The summed E-state index contributed by atoms with van der Waals surface area (Å²) < 4.78 is 14.0. The molecule has 0 saturated heterocycles. The third-order valence-corrected chi connectivity index (χ3v) is 7.04. The quantitative estimate of drug-likeness (QED) is 0.854. The lowest BCUT2D eigenvalue weighted by molar-refractivity contribution is 0.166. The normalized spacial score (nSPS) is 28.3. The highest BCUT2D eigenvalue weighted by Gasteiger charge is 2.38. The average molecular weight is 372 g/mol. The van der Waals surface area contributed by atoms with E-state index < -0.39 is 10.8 Å². The lowest BCUT2D eigenvalue weighted by Gasteiger charge is -2.41. The second kappa shape index (κ2) is 6.93. The summed E-state index contributed by atoms with van der Waals surface area (Å²) >= 11 is 3.44. The molecule has 0 amide bonds. The molecule has 0 aliphatic heterocycles. The van der Waals surface area contributed by atoms with E-state index in [1.54, 1.807) is 0 Å². The Kier molecular flexibility index (Phi) is 5.66. The predicted molar refractivity (Wildman–Crippen MR) is 94.0 cm³/mol. The van der Waals surface area contributed by atoms with Gasteiger partial charge in [0.15, 0.2) is 0 Å². The molecule has 1 aromatic carbocycles. The maximum atomic E-state index is 13.0. The fraction of sp³-hybridized carbons (Fsp3) is 0.647. The summed E-state index contributed by atoms with van der Waals surface area (Å²) in [5.74, 6) is 0.645. The van der Waals surface area contributed by atoms with Crippen LogP contribution in [0.25, 0.3) is 0 Å². The number of rotatable bonds is 3. The van der Waals surface area contributed by atoms with E-state index in [9.17, 15) is 4.21 Å². The molecule has 0 spiro atoms. The van der Waals surface area contributed by atoms with Gasteiger partial charge in [-0.15, -0.1) is 0 Å². The minimum absolute atomic E-state index is 0.203. The van der Waals surface area contributed by atoms with Crippen LogP contribution in [0, 0.1) is 11.3 Å². The third kappa shape index (κ3) is 4.17. The minimum atomic E-state index is -0.947. The van der Waals surface area contributed by atoms with Gasteiger partial charge in [-0.25, -0.2) is 0 Å². The van der Waals surface area contributed by atoms with Crippen LogP contribution < -0.4 is 5.32 Å². The SMILES string of the molecule is CNC1CCC(C(C)(C)C)CC1S(=O)c1ccc(Br)cc1. The molecule has 1 fully saturated rings. The zero-order valence-electron chi connectivity index (χ0n) is 13.4. The van der Waals surface area contributed by atoms with Crippen LogP contribution in [0.2, 0.25) is 0 Å². The molecule has 1 aliphatic rings. The van der Waals surface area contributed by atoms with Gasteiger partial charge in [0.2, 0.25) is 0 Å². The Labute approximate surface area is 139 Å². The smallest absolute Gasteiger partial charge is 0.0576 e. The highest BCUT2D eigenvalue weighted by Crippen LogP contribution is 2.40. The molecule has 4 atom stereocenters. The highest BCUT2D eigenvalue weighted by atomic mass is 79.9. The summed E-state index contributed by atoms with van der Waals surface area (Å²) in [6.45, 7) is 6.91. The van der Waals surface area contributed by atoms with Gasteiger partial charge >= 0.3 is 0 Å². The highest BCUT2D eigenvalue weighted by molar-refractivity contribution is 9.10. The first-order chi connectivity index (χ1) is 9.82. The summed E-state index contributed by atoms with van der Waals surface area (Å²) in [7, 11) is 1.05. The van der Waals surface area contributed by atoms with E-state index in [0.717, 1.165) is 22.2 Å². The van der Waals surface area contributed by atoms with Crippen molar-refractivity contribution in [1.29, 1.82) is 0 Å². The Bertz CT molecular complexity index is 495. The van der Waals surface area contributed by atoms with Crippen molar-refractivity contribution in [1.82, 2.24) is 5.32 Å². The monoisotopic (exact) mass is 371 g/mol. The van der Waals surface area contributed by atoms with Gasteiger partial charge in [0.25, 0.3) is 0 Å².